The minimum absolute atomic E-state index is 0.215. The van der Waals surface area contributed by atoms with Crippen molar-refractivity contribution >= 4 is 16.9 Å². The standard InChI is InChI=1S/C16H17F3N2O3/c1-4-24-14-5-9-10(6-15(22)23)13(8-21(2)3)20-12(9)7-11(14)16(17,18)19/h4-5,7,20H,1,6,8H2,2-3H3,(H,22,23). The van der Waals surface area contributed by atoms with E-state index >= 15 is 0 Å². The van der Waals surface area contributed by atoms with Gasteiger partial charge in [-0.3, -0.25) is 4.79 Å². The molecular weight excluding hydrogens is 325 g/mol. The molecule has 0 spiro atoms. The number of aromatic nitrogens is 1. The number of carboxylic acid groups (broad SMARTS) is 1. The van der Waals surface area contributed by atoms with Gasteiger partial charge in [-0.25, -0.2) is 0 Å². The number of halogens is 3. The van der Waals surface area contributed by atoms with Crippen LogP contribution in [0.2, 0.25) is 0 Å². The Balaban J connectivity index is 2.73. The van der Waals surface area contributed by atoms with E-state index in [0.29, 0.717) is 23.2 Å². The fraction of sp³-hybridized carbons (Fsp3) is 0.312. The summed E-state index contributed by atoms with van der Waals surface area (Å²) in [5.74, 6) is -1.48. The van der Waals surface area contributed by atoms with E-state index in [-0.39, 0.29) is 11.9 Å². The molecule has 0 saturated carbocycles. The largest absolute Gasteiger partial charge is 0.481 e. The van der Waals surface area contributed by atoms with Crippen molar-refractivity contribution in [3.8, 4) is 5.75 Å². The summed E-state index contributed by atoms with van der Waals surface area (Å²) in [4.78, 5) is 15.8. The highest BCUT2D eigenvalue weighted by atomic mass is 19.4. The molecule has 24 heavy (non-hydrogen) atoms. The average molecular weight is 342 g/mol. The Kier molecular flexibility index (Phi) is 4.88. The Morgan fingerprint density at radius 3 is 2.58 bits per heavy atom. The number of nitrogens with one attached hydrogen (secondary N) is 1. The molecule has 0 aliphatic carbocycles. The molecule has 2 aromatic rings. The van der Waals surface area contributed by atoms with Gasteiger partial charge in [0.25, 0.3) is 0 Å². The van der Waals surface area contributed by atoms with Gasteiger partial charge >= 0.3 is 12.1 Å². The highest BCUT2D eigenvalue weighted by molar-refractivity contribution is 5.90. The van der Waals surface area contributed by atoms with Crippen LogP contribution in [-0.2, 0) is 23.9 Å². The third-order valence-corrected chi connectivity index (χ3v) is 3.41. The lowest BCUT2D eigenvalue weighted by molar-refractivity contribution is -0.138. The molecule has 0 aliphatic heterocycles. The number of rotatable bonds is 6. The van der Waals surface area contributed by atoms with Crippen LogP contribution in [0.15, 0.2) is 25.0 Å². The van der Waals surface area contributed by atoms with Crippen LogP contribution < -0.4 is 4.74 Å². The second-order valence-corrected chi connectivity index (χ2v) is 5.57. The summed E-state index contributed by atoms with van der Waals surface area (Å²) in [6, 6.07) is 2.13. The lowest BCUT2D eigenvalue weighted by Crippen LogP contribution is -2.13. The first-order valence-corrected chi connectivity index (χ1v) is 7.02. The summed E-state index contributed by atoms with van der Waals surface area (Å²) in [6.07, 6.45) is -4.00. The molecule has 0 radical (unpaired) electrons. The predicted octanol–water partition coefficient (Wildman–Crippen LogP) is 3.40. The van der Waals surface area contributed by atoms with Gasteiger partial charge in [-0.05, 0) is 31.8 Å². The maximum absolute atomic E-state index is 13.2. The van der Waals surface area contributed by atoms with Gasteiger partial charge in [0, 0.05) is 23.1 Å². The maximum Gasteiger partial charge on any atom is 0.420 e. The summed E-state index contributed by atoms with van der Waals surface area (Å²) in [7, 11) is 3.56. The van der Waals surface area contributed by atoms with Crippen molar-refractivity contribution in [2.24, 2.45) is 0 Å². The normalized spacial score (nSPS) is 11.9. The first kappa shape index (κ1) is 17.9. The number of aliphatic carboxylic acids is 1. The molecule has 130 valence electrons. The Labute approximate surface area is 136 Å². The molecule has 8 heteroatoms. The van der Waals surface area contributed by atoms with E-state index in [9.17, 15) is 18.0 Å². The van der Waals surface area contributed by atoms with Crippen molar-refractivity contribution in [3.05, 3.63) is 41.8 Å². The zero-order valence-electron chi connectivity index (χ0n) is 13.2. The van der Waals surface area contributed by atoms with Gasteiger partial charge in [-0.15, -0.1) is 0 Å². The maximum atomic E-state index is 13.2. The molecular formula is C16H17F3N2O3. The van der Waals surface area contributed by atoms with Crippen LogP contribution >= 0.6 is 0 Å². The van der Waals surface area contributed by atoms with Gasteiger partial charge in [0.15, 0.2) is 0 Å². The van der Waals surface area contributed by atoms with Gasteiger partial charge in [-0.1, -0.05) is 6.58 Å². The van der Waals surface area contributed by atoms with Gasteiger partial charge in [0.1, 0.15) is 11.3 Å². The Morgan fingerprint density at radius 2 is 2.08 bits per heavy atom. The lowest BCUT2D eigenvalue weighted by Gasteiger charge is -2.12. The second-order valence-electron chi connectivity index (χ2n) is 5.57. The number of benzene rings is 1. The topological polar surface area (TPSA) is 65.6 Å². The third-order valence-electron chi connectivity index (χ3n) is 3.41. The lowest BCUT2D eigenvalue weighted by atomic mass is 10.0. The number of hydrogen-bond donors (Lipinski definition) is 2. The molecule has 0 aliphatic rings. The van der Waals surface area contributed by atoms with Crippen LogP contribution in [0.25, 0.3) is 10.9 Å². The number of nitrogens with zero attached hydrogens (tertiary/aromatic N) is 1. The average Bonchev–Trinajstić information content (AvgIpc) is 2.73. The van der Waals surface area contributed by atoms with Crippen molar-refractivity contribution < 1.29 is 27.8 Å². The van der Waals surface area contributed by atoms with Crippen LogP contribution in [0.1, 0.15) is 16.8 Å². The molecule has 2 rings (SSSR count). The number of ether oxygens (including phenoxy) is 1. The molecule has 0 fully saturated rings. The monoisotopic (exact) mass is 342 g/mol. The second kappa shape index (κ2) is 6.56. The summed E-state index contributed by atoms with van der Waals surface area (Å²) in [5.41, 5.74) is 0.261. The van der Waals surface area contributed by atoms with Crippen LogP contribution in [0.4, 0.5) is 13.2 Å². The van der Waals surface area contributed by atoms with Crippen LogP contribution in [0.3, 0.4) is 0 Å². The Bertz CT molecular complexity index is 779. The minimum Gasteiger partial charge on any atom is -0.481 e. The predicted molar refractivity (Wildman–Crippen MR) is 82.9 cm³/mol. The van der Waals surface area contributed by atoms with E-state index in [1.54, 1.807) is 19.0 Å². The molecule has 1 aromatic heterocycles. The number of H-pyrrole nitrogens is 1. The Hall–Kier alpha value is -2.48. The number of fused-ring (bicyclic) bond motifs is 1. The highest BCUT2D eigenvalue weighted by Gasteiger charge is 2.35. The number of aromatic amines is 1. The highest BCUT2D eigenvalue weighted by Crippen LogP contribution is 2.40. The SMILES string of the molecule is C=COc1cc2c(CC(=O)O)c(CN(C)C)[nH]c2cc1C(F)(F)F. The van der Waals surface area contributed by atoms with Crippen molar-refractivity contribution in [3.63, 3.8) is 0 Å². The van der Waals surface area contributed by atoms with Gasteiger partial charge < -0.3 is 19.7 Å². The zero-order valence-corrected chi connectivity index (χ0v) is 13.2. The molecule has 2 N–H and O–H groups in total. The van der Waals surface area contributed by atoms with E-state index in [0.717, 1.165) is 12.3 Å². The summed E-state index contributed by atoms with van der Waals surface area (Å²) in [5, 5.41) is 9.49. The van der Waals surface area contributed by atoms with Gasteiger partial charge in [-0.2, -0.15) is 13.2 Å². The first-order valence-electron chi connectivity index (χ1n) is 7.02. The smallest absolute Gasteiger partial charge is 0.420 e. The molecule has 0 atom stereocenters. The number of carboxylic acids is 1. The molecule has 0 saturated heterocycles. The van der Waals surface area contributed by atoms with Crippen LogP contribution in [-0.4, -0.2) is 35.1 Å². The molecule has 5 nitrogen and oxygen atoms in total. The van der Waals surface area contributed by atoms with E-state index in [1.165, 1.54) is 6.07 Å². The van der Waals surface area contributed by atoms with E-state index in [4.69, 9.17) is 9.84 Å². The quantitative estimate of drug-likeness (QED) is 0.790. The molecule has 0 bridgehead atoms. The van der Waals surface area contributed by atoms with Gasteiger partial charge in [0.2, 0.25) is 0 Å². The first-order chi connectivity index (χ1) is 11.1. The van der Waals surface area contributed by atoms with Crippen molar-refractivity contribution in [2.75, 3.05) is 14.1 Å². The van der Waals surface area contributed by atoms with Crippen molar-refractivity contribution in [1.29, 1.82) is 0 Å². The Morgan fingerprint density at radius 1 is 1.42 bits per heavy atom. The molecule has 0 unspecified atom stereocenters. The van der Waals surface area contributed by atoms with E-state index in [2.05, 4.69) is 11.6 Å². The minimum atomic E-state index is -4.60. The number of carbonyl (C=O) groups is 1. The third kappa shape index (κ3) is 3.70. The number of hydrogen-bond acceptors (Lipinski definition) is 3. The molecule has 1 aromatic carbocycles. The summed E-state index contributed by atoms with van der Waals surface area (Å²) in [6.45, 7) is 3.65. The van der Waals surface area contributed by atoms with Crippen LogP contribution in [0, 0.1) is 0 Å². The zero-order chi connectivity index (χ0) is 18.1. The molecule has 0 amide bonds. The van der Waals surface area contributed by atoms with E-state index < -0.39 is 23.5 Å². The molecule has 1 heterocycles. The van der Waals surface area contributed by atoms with Crippen LogP contribution in [0.5, 0.6) is 5.75 Å². The fourth-order valence-electron chi connectivity index (χ4n) is 2.55. The van der Waals surface area contributed by atoms with Gasteiger partial charge in [0.05, 0.1) is 12.7 Å². The van der Waals surface area contributed by atoms with E-state index in [1.807, 2.05) is 0 Å². The van der Waals surface area contributed by atoms with Crippen molar-refractivity contribution in [1.82, 2.24) is 9.88 Å². The summed E-state index contributed by atoms with van der Waals surface area (Å²) < 4.78 is 44.5. The summed E-state index contributed by atoms with van der Waals surface area (Å²) >= 11 is 0. The fourth-order valence-corrected chi connectivity index (χ4v) is 2.55. The van der Waals surface area contributed by atoms with Crippen molar-refractivity contribution in [2.45, 2.75) is 19.1 Å². The number of alkyl halides is 3.